The Balaban J connectivity index is -0.000000723. The van der Waals surface area contributed by atoms with Gasteiger partial charge in [0.25, 0.3) is 0 Å². The maximum atomic E-state index is 2.89. The number of hydrogen-bond donors (Lipinski definition) is 0. The molecule has 8 radical (unpaired) electrons. The van der Waals surface area contributed by atoms with Gasteiger partial charge in [0, 0.05) is 104 Å². The van der Waals surface area contributed by atoms with Gasteiger partial charge in [-0.1, -0.05) is 183 Å². The molecule has 0 aromatic heterocycles. The number of hydrogen-bond acceptors (Lipinski definition) is 0. The van der Waals surface area contributed by atoms with Crippen molar-refractivity contribution in [3.8, 4) is 0 Å². The van der Waals surface area contributed by atoms with E-state index < -0.39 is 74.9 Å². The Kier molecular flexibility index (Phi) is 20.6. The second-order valence-electron chi connectivity index (χ2n) is 22.8. The van der Waals surface area contributed by atoms with Crippen molar-refractivity contribution in [3.63, 3.8) is 0 Å². The van der Waals surface area contributed by atoms with Crippen molar-refractivity contribution >= 4 is 132 Å². The monoisotopic (exact) mass is 960 g/mol. The SMILES string of the molecule is C[Si](C)(C)[Si]([Si](C)(C)C)[Si](C)(C)[Si]([Si](C)(C)C)[Si](C)(C)C.C[Si](C)(C)[Si]([Si](C)(C)C)[Si](C)(C)[Si]([Si](C)(C)C)[Si](C)(C)C.[Ge]=[Ge]. The Morgan fingerprint density at radius 2 is 0.273 bits per heavy atom. The van der Waals surface area contributed by atoms with Gasteiger partial charge in [-0.15, -0.1) is 0 Å². The van der Waals surface area contributed by atoms with Gasteiger partial charge in [0.2, 0.25) is 0 Å². The molecule has 0 bridgehead atoms. The van der Waals surface area contributed by atoms with Gasteiger partial charge in [0.05, 0.1) is 0 Å². The first-order valence-corrected chi connectivity index (χ1v) is 75.8. The summed E-state index contributed by atoms with van der Waals surface area (Å²) in [5.74, 6) is 0. The Bertz CT molecular complexity index is 674. The zero-order valence-corrected chi connectivity index (χ0v) is 54.2. The van der Waals surface area contributed by atoms with E-state index in [0.717, 1.165) is 0 Å². The molecule has 0 amide bonds. The molecule has 0 aromatic rings. The molecule has 44 heavy (non-hydrogen) atoms. The normalized spacial score (nSPS) is 15.4. The second-order valence-corrected chi connectivity index (χ2v) is 158. The second kappa shape index (κ2) is 17.3. The molecule has 0 heterocycles. The molecule has 0 fully saturated rings. The van der Waals surface area contributed by atoms with Crippen LogP contribution in [0.1, 0.15) is 0 Å². The van der Waals surface area contributed by atoms with Crippen LogP contribution in [-0.2, 0) is 0 Å². The predicted octanol–water partition coefficient (Wildman–Crippen LogP) is 10.3. The van der Waals surface area contributed by atoms with E-state index in [1.54, 1.807) is 0 Å². The molecule has 0 aliphatic heterocycles. The van der Waals surface area contributed by atoms with Crippen molar-refractivity contribution in [2.24, 2.45) is 0 Å². The first-order chi connectivity index (χ1) is 18.5. The van der Waals surface area contributed by atoms with E-state index in [1.165, 1.54) is 0 Å². The Morgan fingerprint density at radius 3 is 0.318 bits per heavy atom. The summed E-state index contributed by atoms with van der Waals surface area (Å²) in [5.41, 5.74) is 0. The minimum absolute atomic E-state index is 0.0840. The maximum absolute atomic E-state index is 2.89. The Hall–Kier alpha value is 4.12. The summed E-state index contributed by atoms with van der Waals surface area (Å²) in [6.45, 7) is 77.0. The summed E-state index contributed by atoms with van der Waals surface area (Å²) < 4.78 is 0. The van der Waals surface area contributed by atoms with E-state index in [9.17, 15) is 0 Å². The molecule has 0 N–H and O–H groups in total. The van der Waals surface area contributed by atoms with Crippen molar-refractivity contribution in [2.45, 2.75) is 183 Å². The third kappa shape index (κ3) is 16.2. The third-order valence-electron chi connectivity index (χ3n) is 8.50. The fraction of sp³-hybridized carbons (Fsp3) is 1.00. The van der Waals surface area contributed by atoms with Gasteiger partial charge in [0.1, 0.15) is 0 Å². The molecule has 0 atom stereocenters. The van der Waals surface area contributed by atoms with Gasteiger partial charge in [-0.3, -0.25) is 0 Å². The molecule has 0 spiro atoms. The first-order valence-electron chi connectivity index (χ1n) is 17.2. The van der Waals surface area contributed by atoms with E-state index in [0.29, 0.717) is 0 Å². The molecule has 0 saturated carbocycles. The molecule has 0 nitrogen and oxygen atoms in total. The molecule has 16 heteroatoms. The fourth-order valence-electron chi connectivity index (χ4n) is 12.2. The van der Waals surface area contributed by atoms with Gasteiger partial charge in [-0.05, 0) is 0 Å². The van der Waals surface area contributed by atoms with Gasteiger partial charge in [0.15, 0.2) is 0 Å². The van der Waals surface area contributed by atoms with Crippen LogP contribution in [0.15, 0.2) is 0 Å². The van der Waals surface area contributed by atoms with Crippen LogP contribution in [0.4, 0.5) is 0 Å². The number of rotatable bonds is 12. The summed E-state index contributed by atoms with van der Waals surface area (Å²) in [7, 11) is -10.3. The predicted molar refractivity (Wildman–Crippen MR) is 256 cm³/mol. The molecular formula is C28H84Ge2Si14. The van der Waals surface area contributed by atoms with Crippen molar-refractivity contribution in [1.29, 1.82) is 0 Å². The van der Waals surface area contributed by atoms with E-state index in [2.05, 4.69) is 183 Å². The van der Waals surface area contributed by atoms with E-state index in [1.807, 2.05) is 28.0 Å². The average Bonchev–Trinajstić information content (AvgIpc) is 2.50. The van der Waals surface area contributed by atoms with Gasteiger partial charge >= 0.3 is 28.0 Å². The van der Waals surface area contributed by atoms with Crippen molar-refractivity contribution in [2.75, 3.05) is 0 Å². The molecule has 0 aliphatic rings. The van der Waals surface area contributed by atoms with Crippen molar-refractivity contribution < 1.29 is 0 Å². The van der Waals surface area contributed by atoms with Crippen LogP contribution < -0.4 is 0 Å². The van der Waals surface area contributed by atoms with Crippen LogP contribution in [0.3, 0.4) is 0 Å². The van der Waals surface area contributed by atoms with Crippen LogP contribution in [0.5, 0.6) is 0 Å². The molecule has 0 aliphatic carbocycles. The van der Waals surface area contributed by atoms with Gasteiger partial charge in [-0.2, -0.15) is 0 Å². The summed E-state index contributed by atoms with van der Waals surface area (Å²) >= 11 is 4.00. The molecule has 0 unspecified atom stereocenters. The zero-order chi connectivity index (χ0) is 37.3. The fourth-order valence-corrected chi connectivity index (χ4v) is 466. The molecular weight excluding hydrogens is 875 g/mol. The van der Waals surface area contributed by atoms with Crippen molar-refractivity contribution in [3.05, 3.63) is 0 Å². The minimum atomic E-state index is -1.05. The van der Waals surface area contributed by atoms with E-state index >= 15 is 0 Å². The topological polar surface area (TPSA) is 0 Å². The molecule has 0 saturated heterocycles. The van der Waals surface area contributed by atoms with Gasteiger partial charge < -0.3 is 0 Å². The van der Waals surface area contributed by atoms with Crippen LogP contribution in [0.2, 0.25) is 183 Å². The van der Waals surface area contributed by atoms with Crippen LogP contribution in [-0.4, -0.2) is 132 Å². The van der Waals surface area contributed by atoms with Crippen LogP contribution in [0, 0.1) is 0 Å². The van der Waals surface area contributed by atoms with Crippen LogP contribution >= 0.6 is 0 Å². The molecule has 260 valence electrons. The molecule has 0 rings (SSSR count). The third-order valence-corrected chi connectivity index (χ3v) is 256. The summed E-state index contributed by atoms with van der Waals surface area (Å²) in [6, 6.07) is 0. The van der Waals surface area contributed by atoms with Gasteiger partial charge in [-0.25, -0.2) is 0 Å². The first kappa shape index (κ1) is 52.5. The van der Waals surface area contributed by atoms with E-state index in [4.69, 9.17) is 0 Å². The molecule has 0 aromatic carbocycles. The standard InChI is InChI=1S/2C14H42Si7.Ge2/c2*1-17(2,3)15(18(4,5)6)21(13,14)16(19(7,8)9)20(10,11)12;1-2/h2*1-14H3;. The average molecular weight is 959 g/mol. The summed E-state index contributed by atoms with van der Waals surface area (Å²) in [4.78, 5) is 0. The zero-order valence-electron chi connectivity index (χ0n) is 36.0. The summed E-state index contributed by atoms with van der Waals surface area (Å²) in [5, 5.41) is 0. The van der Waals surface area contributed by atoms with Crippen molar-refractivity contribution in [1.82, 2.24) is 0 Å². The Labute approximate surface area is 312 Å². The summed E-state index contributed by atoms with van der Waals surface area (Å²) in [6.07, 6.45) is 0. The van der Waals surface area contributed by atoms with E-state index in [-0.39, 0.29) is 29.4 Å². The van der Waals surface area contributed by atoms with Crippen LogP contribution in [0.25, 0.3) is 0 Å². The quantitative estimate of drug-likeness (QED) is 0.171. The Morgan fingerprint density at radius 1 is 0.205 bits per heavy atom.